The number of benzene rings is 2. The van der Waals surface area contributed by atoms with E-state index in [1.165, 1.54) is 12.1 Å². The van der Waals surface area contributed by atoms with Crippen molar-refractivity contribution >= 4 is 32.8 Å². The first-order valence-corrected chi connectivity index (χ1v) is 7.12. The minimum atomic E-state index is -0.484. The highest BCUT2D eigenvalue weighted by Crippen LogP contribution is 2.28. The number of hydrogen-bond acceptors (Lipinski definition) is 2. The summed E-state index contributed by atoms with van der Waals surface area (Å²) in [6, 6.07) is 13.5. The first kappa shape index (κ1) is 13.8. The molecule has 1 heterocycles. The van der Waals surface area contributed by atoms with Crippen LogP contribution in [0, 0.1) is 5.82 Å². The Morgan fingerprint density at radius 2 is 2.00 bits per heavy atom. The number of esters is 1. The first-order chi connectivity index (χ1) is 10.1. The standard InChI is InChI=1S/C16H11BrFNO2/c17-14-12-6-1-2-7-13(12)19-15(14)16(20)21-9-10-4-3-5-11(18)8-10/h1-8,19H,9H2. The number of para-hydroxylation sites is 1. The zero-order chi connectivity index (χ0) is 14.8. The van der Waals surface area contributed by atoms with Gasteiger partial charge >= 0.3 is 5.97 Å². The van der Waals surface area contributed by atoms with E-state index in [4.69, 9.17) is 4.74 Å². The fourth-order valence-corrected chi connectivity index (χ4v) is 2.70. The zero-order valence-electron chi connectivity index (χ0n) is 10.9. The first-order valence-electron chi connectivity index (χ1n) is 6.33. The van der Waals surface area contributed by atoms with Crippen molar-refractivity contribution in [3.8, 4) is 0 Å². The smallest absolute Gasteiger partial charge is 0.356 e. The van der Waals surface area contributed by atoms with Crippen molar-refractivity contribution in [2.75, 3.05) is 0 Å². The van der Waals surface area contributed by atoms with Crippen molar-refractivity contribution in [3.05, 3.63) is 70.1 Å². The second kappa shape index (κ2) is 5.69. The Balaban J connectivity index is 1.79. The van der Waals surface area contributed by atoms with Crippen molar-refractivity contribution in [1.29, 1.82) is 0 Å². The van der Waals surface area contributed by atoms with E-state index < -0.39 is 5.97 Å². The van der Waals surface area contributed by atoms with E-state index in [0.717, 1.165) is 10.9 Å². The SMILES string of the molecule is O=C(OCc1cccc(F)c1)c1[nH]c2ccccc2c1Br. The van der Waals surface area contributed by atoms with Gasteiger partial charge in [-0.15, -0.1) is 0 Å². The number of carbonyl (C=O) groups is 1. The number of nitrogens with one attached hydrogen (secondary N) is 1. The highest BCUT2D eigenvalue weighted by Gasteiger charge is 2.17. The molecule has 0 spiro atoms. The molecule has 0 radical (unpaired) electrons. The molecule has 0 saturated heterocycles. The van der Waals surface area contributed by atoms with Crippen LogP contribution in [0.2, 0.25) is 0 Å². The summed E-state index contributed by atoms with van der Waals surface area (Å²) in [4.78, 5) is 15.1. The maximum atomic E-state index is 13.1. The molecule has 0 bridgehead atoms. The topological polar surface area (TPSA) is 42.1 Å². The highest BCUT2D eigenvalue weighted by molar-refractivity contribution is 9.10. The van der Waals surface area contributed by atoms with Crippen LogP contribution in [-0.4, -0.2) is 11.0 Å². The van der Waals surface area contributed by atoms with Gasteiger partial charge in [-0.05, 0) is 39.7 Å². The quantitative estimate of drug-likeness (QED) is 0.712. The normalized spacial score (nSPS) is 10.8. The third-order valence-electron chi connectivity index (χ3n) is 3.11. The van der Waals surface area contributed by atoms with Crippen LogP contribution in [0.1, 0.15) is 16.1 Å². The Morgan fingerprint density at radius 1 is 1.19 bits per heavy atom. The van der Waals surface area contributed by atoms with Gasteiger partial charge in [0.05, 0.1) is 4.47 Å². The van der Waals surface area contributed by atoms with Crippen molar-refractivity contribution in [1.82, 2.24) is 4.98 Å². The number of H-pyrrole nitrogens is 1. The molecule has 3 aromatic rings. The van der Waals surface area contributed by atoms with Crippen LogP contribution in [0.5, 0.6) is 0 Å². The van der Waals surface area contributed by atoms with Gasteiger partial charge in [0.2, 0.25) is 0 Å². The summed E-state index contributed by atoms with van der Waals surface area (Å²) in [7, 11) is 0. The van der Waals surface area contributed by atoms with E-state index in [9.17, 15) is 9.18 Å². The van der Waals surface area contributed by atoms with Gasteiger partial charge in [0, 0.05) is 10.9 Å². The van der Waals surface area contributed by atoms with Crippen LogP contribution in [0.15, 0.2) is 53.0 Å². The molecule has 1 N–H and O–H groups in total. The second-order valence-corrected chi connectivity index (χ2v) is 5.36. The van der Waals surface area contributed by atoms with Crippen LogP contribution in [0.25, 0.3) is 10.9 Å². The molecule has 0 saturated carbocycles. The monoisotopic (exact) mass is 347 g/mol. The number of halogens is 2. The number of aromatic nitrogens is 1. The third kappa shape index (κ3) is 2.83. The summed E-state index contributed by atoms with van der Waals surface area (Å²) < 4.78 is 18.9. The number of aromatic amines is 1. The van der Waals surface area contributed by atoms with Gasteiger partial charge in [-0.2, -0.15) is 0 Å². The van der Waals surface area contributed by atoms with E-state index in [1.54, 1.807) is 12.1 Å². The van der Waals surface area contributed by atoms with Gasteiger partial charge in [-0.25, -0.2) is 9.18 Å². The Kier molecular flexibility index (Phi) is 3.75. The molecule has 0 unspecified atom stereocenters. The number of carbonyl (C=O) groups excluding carboxylic acids is 1. The molecule has 0 atom stereocenters. The molecule has 0 aliphatic rings. The van der Waals surface area contributed by atoms with E-state index in [0.29, 0.717) is 15.7 Å². The van der Waals surface area contributed by atoms with E-state index in [2.05, 4.69) is 20.9 Å². The van der Waals surface area contributed by atoms with E-state index >= 15 is 0 Å². The lowest BCUT2D eigenvalue weighted by molar-refractivity contribution is 0.0465. The molecule has 3 rings (SSSR count). The maximum absolute atomic E-state index is 13.1. The molecular weight excluding hydrogens is 337 g/mol. The summed E-state index contributed by atoms with van der Waals surface area (Å²) in [5.41, 5.74) is 1.81. The number of ether oxygens (including phenoxy) is 1. The van der Waals surface area contributed by atoms with Gasteiger partial charge in [-0.1, -0.05) is 30.3 Å². The van der Waals surface area contributed by atoms with E-state index in [-0.39, 0.29) is 12.4 Å². The third-order valence-corrected chi connectivity index (χ3v) is 3.93. The lowest BCUT2D eigenvalue weighted by Crippen LogP contribution is -2.06. The fraction of sp³-hybridized carbons (Fsp3) is 0.0625. The van der Waals surface area contributed by atoms with Crippen molar-refractivity contribution in [2.45, 2.75) is 6.61 Å². The Morgan fingerprint density at radius 3 is 2.76 bits per heavy atom. The van der Waals surface area contributed by atoms with Crippen LogP contribution >= 0.6 is 15.9 Å². The average Bonchev–Trinajstić information content (AvgIpc) is 2.83. The molecule has 1 aromatic heterocycles. The summed E-state index contributed by atoms with van der Waals surface area (Å²) in [5, 5.41) is 0.912. The van der Waals surface area contributed by atoms with Gasteiger partial charge in [0.25, 0.3) is 0 Å². The molecule has 2 aromatic carbocycles. The molecule has 3 nitrogen and oxygen atoms in total. The van der Waals surface area contributed by atoms with Crippen molar-refractivity contribution in [2.24, 2.45) is 0 Å². The summed E-state index contributed by atoms with van der Waals surface area (Å²) >= 11 is 3.40. The zero-order valence-corrected chi connectivity index (χ0v) is 12.5. The molecule has 0 aliphatic heterocycles. The number of hydrogen-bond donors (Lipinski definition) is 1. The minimum Gasteiger partial charge on any atom is -0.456 e. The van der Waals surface area contributed by atoms with Crippen LogP contribution in [-0.2, 0) is 11.3 Å². The molecule has 106 valence electrons. The van der Waals surface area contributed by atoms with E-state index in [1.807, 2.05) is 24.3 Å². The Bertz CT molecular complexity index is 813. The fourth-order valence-electron chi connectivity index (χ4n) is 2.10. The Hall–Kier alpha value is -2.14. The number of fused-ring (bicyclic) bond motifs is 1. The molecule has 0 amide bonds. The van der Waals surface area contributed by atoms with Gasteiger partial charge in [0.15, 0.2) is 0 Å². The predicted octanol–water partition coefficient (Wildman–Crippen LogP) is 4.43. The second-order valence-electron chi connectivity index (χ2n) is 4.57. The lowest BCUT2D eigenvalue weighted by atomic mass is 10.2. The summed E-state index contributed by atoms with van der Waals surface area (Å²) in [5.74, 6) is -0.835. The van der Waals surface area contributed by atoms with Gasteiger partial charge in [-0.3, -0.25) is 0 Å². The summed E-state index contributed by atoms with van der Waals surface area (Å²) in [6.07, 6.45) is 0. The lowest BCUT2D eigenvalue weighted by Gasteiger charge is -2.04. The van der Waals surface area contributed by atoms with Crippen LogP contribution in [0.4, 0.5) is 4.39 Å². The molecule has 0 aliphatic carbocycles. The maximum Gasteiger partial charge on any atom is 0.356 e. The number of rotatable bonds is 3. The summed E-state index contributed by atoms with van der Waals surface area (Å²) in [6.45, 7) is 0.0262. The minimum absolute atomic E-state index is 0.0262. The molecule has 0 fully saturated rings. The van der Waals surface area contributed by atoms with Gasteiger partial charge in [0.1, 0.15) is 18.1 Å². The van der Waals surface area contributed by atoms with Crippen LogP contribution in [0.3, 0.4) is 0 Å². The average molecular weight is 348 g/mol. The molecular formula is C16H11BrFNO2. The largest absolute Gasteiger partial charge is 0.456 e. The molecule has 5 heteroatoms. The van der Waals surface area contributed by atoms with Crippen molar-refractivity contribution < 1.29 is 13.9 Å². The predicted molar refractivity (Wildman–Crippen MR) is 81.5 cm³/mol. The molecule has 21 heavy (non-hydrogen) atoms. The van der Waals surface area contributed by atoms with Crippen molar-refractivity contribution in [3.63, 3.8) is 0 Å². The highest BCUT2D eigenvalue weighted by atomic mass is 79.9. The Labute approximate surface area is 128 Å². The van der Waals surface area contributed by atoms with Gasteiger partial charge < -0.3 is 9.72 Å². The van der Waals surface area contributed by atoms with Crippen LogP contribution < -0.4 is 0 Å².